The molecule has 1 fully saturated rings. The summed E-state index contributed by atoms with van der Waals surface area (Å²) in [7, 11) is -5.12. The zero-order chi connectivity index (χ0) is 42.9. The highest BCUT2D eigenvalue weighted by Gasteiger charge is 2.48. The van der Waals surface area contributed by atoms with Crippen molar-refractivity contribution in [2.75, 3.05) is 13.2 Å². The Labute approximate surface area is 350 Å². The normalized spacial score (nSPS) is 22.0. The molecule has 0 aromatic carbocycles. The lowest BCUT2D eigenvalue weighted by atomic mass is 9.99. The van der Waals surface area contributed by atoms with Crippen molar-refractivity contribution in [1.82, 2.24) is 5.32 Å². The van der Waals surface area contributed by atoms with E-state index in [2.05, 4.69) is 47.7 Å². The smallest absolute Gasteiger partial charge is 0.394 e. The van der Waals surface area contributed by atoms with Crippen molar-refractivity contribution in [3.63, 3.8) is 0 Å². The molecule has 0 radical (unpaired) electrons. The Hall–Kier alpha value is -1.72. The molecule has 0 saturated carbocycles. The summed E-state index contributed by atoms with van der Waals surface area (Å²) in [6, 6.07) is -1.14. The average molecular weight is 848 g/mol. The quantitative estimate of drug-likeness (QED) is 0.0187. The van der Waals surface area contributed by atoms with Gasteiger partial charge in [0.1, 0.15) is 30.5 Å². The van der Waals surface area contributed by atoms with E-state index in [0.717, 1.165) is 44.9 Å². The van der Waals surface area contributed by atoms with Crippen LogP contribution in [0.15, 0.2) is 36.5 Å². The fraction of sp³-hybridized carbons (Fsp3) is 0.841. The lowest BCUT2D eigenvalue weighted by Crippen LogP contribution is -2.61. The molecule has 8 unspecified atom stereocenters. The second-order valence-corrected chi connectivity index (χ2v) is 16.8. The molecular weight excluding hydrogens is 767 g/mol. The van der Waals surface area contributed by atoms with Gasteiger partial charge in [0.15, 0.2) is 6.29 Å². The first-order valence-corrected chi connectivity index (χ1v) is 23.8. The van der Waals surface area contributed by atoms with Gasteiger partial charge < -0.3 is 40.3 Å². The van der Waals surface area contributed by atoms with E-state index in [1.807, 2.05) is 0 Å². The zero-order valence-corrected chi connectivity index (χ0v) is 36.5. The molecule has 14 heteroatoms. The van der Waals surface area contributed by atoms with E-state index in [1.165, 1.54) is 102 Å². The van der Waals surface area contributed by atoms with E-state index >= 15 is 0 Å². The molecule has 1 aliphatic heterocycles. The fourth-order valence-corrected chi connectivity index (χ4v) is 7.40. The average Bonchev–Trinajstić information content (AvgIpc) is 3.19. The number of aliphatic hydroxyl groups excluding tert-OH is 5. The molecule has 1 heterocycles. The van der Waals surface area contributed by atoms with E-state index in [0.29, 0.717) is 12.8 Å². The van der Waals surface area contributed by atoms with Gasteiger partial charge in [-0.3, -0.25) is 9.35 Å². The van der Waals surface area contributed by atoms with Crippen LogP contribution in [-0.2, 0) is 28.9 Å². The van der Waals surface area contributed by atoms with E-state index in [9.17, 15) is 38.7 Å². The van der Waals surface area contributed by atoms with Crippen LogP contribution in [0.2, 0.25) is 0 Å². The number of nitrogens with one attached hydrogen (secondary N) is 1. The summed E-state index contributed by atoms with van der Waals surface area (Å²) < 4.78 is 47.4. The molecule has 8 atom stereocenters. The third-order valence-electron chi connectivity index (χ3n) is 10.5. The SMILES string of the molecule is CCCC/C=C/CC/C=C/CC/C=C/C(O)C(COC1OC(CO)C(O)C(OS(=O)(=O)O)C1O)NC(=O)C(O)CCCCCCCCCCCCCCCCCCC. The van der Waals surface area contributed by atoms with Crippen molar-refractivity contribution in [3.05, 3.63) is 36.5 Å². The number of ether oxygens (including phenoxy) is 2. The monoisotopic (exact) mass is 848 g/mol. The highest BCUT2D eigenvalue weighted by Crippen LogP contribution is 2.26. The first-order chi connectivity index (χ1) is 27.9. The number of hydrogen-bond donors (Lipinski definition) is 7. The lowest BCUT2D eigenvalue weighted by Gasteiger charge is -2.41. The molecule has 0 aliphatic carbocycles. The van der Waals surface area contributed by atoms with Gasteiger partial charge in [0.05, 0.1) is 25.4 Å². The number of rotatable bonds is 37. The molecular formula is C44H81NO12S. The van der Waals surface area contributed by atoms with Crippen LogP contribution in [0.25, 0.3) is 0 Å². The van der Waals surface area contributed by atoms with Gasteiger partial charge in [-0.2, -0.15) is 8.42 Å². The largest absolute Gasteiger partial charge is 0.397 e. The van der Waals surface area contributed by atoms with Gasteiger partial charge in [-0.1, -0.05) is 172 Å². The van der Waals surface area contributed by atoms with Crippen LogP contribution in [0.1, 0.15) is 174 Å². The third-order valence-corrected chi connectivity index (χ3v) is 11.0. The highest BCUT2D eigenvalue weighted by molar-refractivity contribution is 7.80. The van der Waals surface area contributed by atoms with Crippen LogP contribution in [0.3, 0.4) is 0 Å². The molecule has 0 aromatic rings. The Bertz CT molecular complexity index is 1200. The molecule has 1 aliphatic rings. The standard InChI is InChI=1S/C44H81NO12S/c1-3-5-7-9-11-13-15-17-18-19-20-21-23-25-27-29-31-33-38(48)43(51)45-36(37(47)32-30-28-26-24-22-16-14-12-10-8-6-4-2)35-55-44-41(50)42(57-58(52,53)54)40(49)39(34-46)56-44/h10,12,22,24,30,32,36-42,44,46-50H,3-9,11,13-21,23,25-29,31,33-35H2,1-2H3,(H,45,51)(H,52,53,54)/b12-10+,24-22+,32-30+. The van der Waals surface area contributed by atoms with Gasteiger partial charge in [0.2, 0.25) is 5.91 Å². The van der Waals surface area contributed by atoms with Gasteiger partial charge in [0.25, 0.3) is 0 Å². The van der Waals surface area contributed by atoms with Crippen molar-refractivity contribution in [1.29, 1.82) is 0 Å². The Morgan fingerprint density at radius 2 is 1.16 bits per heavy atom. The van der Waals surface area contributed by atoms with Crippen molar-refractivity contribution in [2.24, 2.45) is 0 Å². The van der Waals surface area contributed by atoms with Crippen LogP contribution in [0, 0.1) is 0 Å². The summed E-state index contributed by atoms with van der Waals surface area (Å²) in [4.78, 5) is 13.1. The molecule has 0 spiro atoms. The number of amides is 1. The van der Waals surface area contributed by atoms with E-state index in [-0.39, 0.29) is 6.42 Å². The summed E-state index contributed by atoms with van der Waals surface area (Å²) >= 11 is 0. The molecule has 340 valence electrons. The Kier molecular flexibility index (Phi) is 32.7. The van der Waals surface area contributed by atoms with Gasteiger partial charge >= 0.3 is 10.4 Å². The highest BCUT2D eigenvalue weighted by atomic mass is 32.3. The second-order valence-electron chi connectivity index (χ2n) is 15.8. The van der Waals surface area contributed by atoms with Crippen LogP contribution >= 0.6 is 0 Å². The fourth-order valence-electron chi connectivity index (χ4n) is 6.89. The minimum absolute atomic E-state index is 0.236. The summed E-state index contributed by atoms with van der Waals surface area (Å²) in [6.07, 6.45) is 28.1. The maximum atomic E-state index is 13.1. The number of aliphatic hydroxyl groups is 5. The number of carbonyl (C=O) groups excluding carboxylic acids is 1. The summed E-state index contributed by atoms with van der Waals surface area (Å²) in [5.41, 5.74) is 0. The maximum absolute atomic E-state index is 13.1. The Balaban J connectivity index is 2.60. The van der Waals surface area contributed by atoms with Crippen molar-refractivity contribution >= 4 is 16.3 Å². The summed E-state index contributed by atoms with van der Waals surface area (Å²) in [6.45, 7) is 3.13. The zero-order valence-electron chi connectivity index (χ0n) is 35.7. The minimum atomic E-state index is -5.12. The van der Waals surface area contributed by atoms with Gasteiger partial charge in [-0.15, -0.1) is 0 Å². The van der Waals surface area contributed by atoms with Crippen LogP contribution in [-0.4, -0.2) is 107 Å². The maximum Gasteiger partial charge on any atom is 0.397 e. The van der Waals surface area contributed by atoms with Gasteiger partial charge in [-0.25, -0.2) is 4.18 Å². The molecule has 0 aromatic heterocycles. The molecule has 13 nitrogen and oxygen atoms in total. The first kappa shape index (κ1) is 54.3. The van der Waals surface area contributed by atoms with E-state index in [1.54, 1.807) is 6.08 Å². The molecule has 1 saturated heterocycles. The van der Waals surface area contributed by atoms with E-state index in [4.69, 9.17) is 14.0 Å². The number of unbranched alkanes of at least 4 members (excludes halogenated alkanes) is 20. The first-order valence-electron chi connectivity index (χ1n) is 22.5. The van der Waals surface area contributed by atoms with Gasteiger partial charge in [0, 0.05) is 0 Å². The summed E-state index contributed by atoms with van der Waals surface area (Å²) in [5.74, 6) is -0.717. The Morgan fingerprint density at radius 1 is 0.690 bits per heavy atom. The number of allylic oxidation sites excluding steroid dienone is 5. The van der Waals surface area contributed by atoms with Gasteiger partial charge in [-0.05, 0) is 38.5 Å². The lowest BCUT2D eigenvalue weighted by molar-refractivity contribution is -0.298. The van der Waals surface area contributed by atoms with Crippen molar-refractivity contribution < 1.29 is 57.0 Å². The summed E-state index contributed by atoms with van der Waals surface area (Å²) in [5, 5.41) is 55.0. The number of carbonyl (C=O) groups is 1. The predicted molar refractivity (Wildman–Crippen MR) is 228 cm³/mol. The third kappa shape index (κ3) is 27.2. The van der Waals surface area contributed by atoms with Crippen molar-refractivity contribution in [2.45, 2.75) is 223 Å². The van der Waals surface area contributed by atoms with Crippen LogP contribution < -0.4 is 5.32 Å². The molecule has 1 rings (SSSR count). The topological polar surface area (TPSA) is 212 Å². The van der Waals surface area contributed by atoms with Crippen LogP contribution in [0.5, 0.6) is 0 Å². The Morgan fingerprint density at radius 3 is 1.64 bits per heavy atom. The van der Waals surface area contributed by atoms with Crippen molar-refractivity contribution in [3.8, 4) is 0 Å². The predicted octanol–water partition coefficient (Wildman–Crippen LogP) is 7.30. The molecule has 58 heavy (non-hydrogen) atoms. The molecule has 7 N–H and O–H groups in total. The van der Waals surface area contributed by atoms with E-state index < -0.39 is 78.5 Å². The molecule has 1 amide bonds. The number of hydrogen-bond acceptors (Lipinski definition) is 11. The second kappa shape index (κ2) is 34.9. The molecule has 0 bridgehead atoms. The minimum Gasteiger partial charge on any atom is -0.394 e. The van der Waals surface area contributed by atoms with Crippen LogP contribution in [0.4, 0.5) is 0 Å².